The summed E-state index contributed by atoms with van der Waals surface area (Å²) in [6.07, 6.45) is 0. The minimum atomic E-state index is 0. The molecule has 0 saturated carbocycles. The molecule has 7 heavy (non-hydrogen) atoms. The van der Waals surface area contributed by atoms with Crippen molar-refractivity contribution in [2.75, 3.05) is 13.1 Å². The molecule has 0 amide bonds. The van der Waals surface area contributed by atoms with Crippen molar-refractivity contribution >= 4 is 0 Å². The van der Waals surface area contributed by atoms with Crippen LogP contribution in [0.1, 0.15) is 13.8 Å². The van der Waals surface area contributed by atoms with Gasteiger partial charge in [0.05, 0.1) is 0 Å². The average molecular weight is 186 g/mol. The standard InChI is InChI=1S/C4H10N.Mo.H2O/c1-3-5-4-2;;/h3-4H2,1-2H3;;1H2/q-1;;. The smallest absolute Gasteiger partial charge is 0 e. The molecule has 2 nitrogen and oxygen atoms in total. The van der Waals surface area contributed by atoms with Crippen LogP contribution >= 0.6 is 0 Å². The second-order valence-corrected chi connectivity index (χ2v) is 0.856. The summed E-state index contributed by atoms with van der Waals surface area (Å²) in [7, 11) is 0. The summed E-state index contributed by atoms with van der Waals surface area (Å²) in [4.78, 5) is 0. The summed E-state index contributed by atoms with van der Waals surface area (Å²) in [6, 6.07) is 0. The first-order valence-electron chi connectivity index (χ1n) is 2.05. The molecule has 0 aromatic heterocycles. The first kappa shape index (κ1) is 15.6. The van der Waals surface area contributed by atoms with Gasteiger partial charge in [-0.2, -0.15) is 13.1 Å². The number of hydrogen-bond donors (Lipinski definition) is 0. The molecule has 0 atom stereocenters. The van der Waals surface area contributed by atoms with Crippen molar-refractivity contribution < 1.29 is 26.5 Å². The molecule has 0 saturated heterocycles. The van der Waals surface area contributed by atoms with Crippen molar-refractivity contribution in [3.05, 3.63) is 5.32 Å². The molecule has 0 aliphatic heterocycles. The second-order valence-electron chi connectivity index (χ2n) is 0.856. The topological polar surface area (TPSA) is 45.6 Å². The van der Waals surface area contributed by atoms with Gasteiger partial charge in [-0.25, -0.2) is 0 Å². The summed E-state index contributed by atoms with van der Waals surface area (Å²) in [5.74, 6) is 0. The molecule has 2 N–H and O–H groups in total. The Labute approximate surface area is 59.3 Å². The predicted octanol–water partition coefficient (Wildman–Crippen LogP) is 0.573. The van der Waals surface area contributed by atoms with E-state index < -0.39 is 0 Å². The SMILES string of the molecule is CC[N-]CC.O.[Mo]. The third kappa shape index (κ3) is 20.6. The second kappa shape index (κ2) is 16.0. The van der Waals surface area contributed by atoms with Gasteiger partial charge in [0.15, 0.2) is 0 Å². The van der Waals surface area contributed by atoms with Crippen molar-refractivity contribution in [2.45, 2.75) is 13.8 Å². The van der Waals surface area contributed by atoms with Crippen molar-refractivity contribution in [1.29, 1.82) is 0 Å². The molecule has 46 valence electrons. The van der Waals surface area contributed by atoms with E-state index in [9.17, 15) is 0 Å². The van der Waals surface area contributed by atoms with Crippen molar-refractivity contribution in [2.24, 2.45) is 0 Å². The third-order valence-electron chi connectivity index (χ3n) is 0.447. The van der Waals surface area contributed by atoms with E-state index in [4.69, 9.17) is 0 Å². The van der Waals surface area contributed by atoms with E-state index in [0.29, 0.717) is 0 Å². The van der Waals surface area contributed by atoms with Crippen LogP contribution in [-0.2, 0) is 21.1 Å². The molecule has 0 aliphatic rings. The van der Waals surface area contributed by atoms with Crippen LogP contribution in [0, 0.1) is 0 Å². The molecule has 0 bridgehead atoms. The minimum absolute atomic E-state index is 0. The van der Waals surface area contributed by atoms with Gasteiger partial charge in [-0.15, -0.1) is 0 Å². The molecule has 0 fully saturated rings. The van der Waals surface area contributed by atoms with E-state index in [2.05, 4.69) is 5.32 Å². The average Bonchev–Trinajstić information content (AvgIpc) is 1.41. The molecule has 0 rings (SSSR count). The maximum Gasteiger partial charge on any atom is 0 e. The van der Waals surface area contributed by atoms with Crippen molar-refractivity contribution in [1.82, 2.24) is 0 Å². The van der Waals surface area contributed by atoms with Gasteiger partial charge in [-0.3, -0.25) is 0 Å². The van der Waals surface area contributed by atoms with Gasteiger partial charge in [0.25, 0.3) is 0 Å². The zero-order chi connectivity index (χ0) is 4.12. The number of nitrogens with zero attached hydrogens (tertiary/aromatic N) is 1. The van der Waals surface area contributed by atoms with E-state index in [0.717, 1.165) is 13.1 Å². The zero-order valence-corrected chi connectivity index (χ0v) is 6.78. The van der Waals surface area contributed by atoms with Crippen LogP contribution < -0.4 is 0 Å². The third-order valence-corrected chi connectivity index (χ3v) is 0.447. The monoisotopic (exact) mass is 188 g/mol. The largest absolute Gasteiger partial charge is 0.663 e. The maximum atomic E-state index is 3.97. The Morgan fingerprint density at radius 2 is 1.43 bits per heavy atom. The molecular formula is C4H12MoNO-. The predicted molar refractivity (Wildman–Crippen MR) is 28.1 cm³/mol. The van der Waals surface area contributed by atoms with Crippen LogP contribution in [-0.4, -0.2) is 18.6 Å². The van der Waals surface area contributed by atoms with Gasteiger partial charge >= 0.3 is 0 Å². The van der Waals surface area contributed by atoms with Gasteiger partial charge < -0.3 is 10.8 Å². The quantitative estimate of drug-likeness (QED) is 0.566. The summed E-state index contributed by atoms with van der Waals surface area (Å²) >= 11 is 0. The van der Waals surface area contributed by atoms with Gasteiger partial charge in [0.2, 0.25) is 0 Å². The first-order chi connectivity index (χ1) is 2.41. The minimum Gasteiger partial charge on any atom is -0.663 e. The molecule has 0 heterocycles. The number of rotatable bonds is 2. The van der Waals surface area contributed by atoms with Gasteiger partial charge in [-0.05, 0) is 0 Å². The Hall–Kier alpha value is 0.608. The number of hydrogen-bond acceptors (Lipinski definition) is 0. The Balaban J connectivity index is -0.0000000800. The molecule has 0 spiro atoms. The molecule has 0 unspecified atom stereocenters. The molecule has 0 radical (unpaired) electrons. The van der Waals surface area contributed by atoms with E-state index in [1.165, 1.54) is 0 Å². The fourth-order valence-corrected chi connectivity index (χ4v) is 0.224. The molecule has 3 heteroatoms. The first-order valence-corrected chi connectivity index (χ1v) is 2.05. The molecule has 0 aromatic rings. The van der Waals surface area contributed by atoms with Crippen LogP contribution in [0.15, 0.2) is 0 Å². The van der Waals surface area contributed by atoms with E-state index in [-0.39, 0.29) is 26.5 Å². The van der Waals surface area contributed by atoms with Crippen molar-refractivity contribution in [3.63, 3.8) is 0 Å². The maximum absolute atomic E-state index is 3.97. The van der Waals surface area contributed by atoms with Crippen LogP contribution in [0.25, 0.3) is 5.32 Å². The summed E-state index contributed by atoms with van der Waals surface area (Å²) in [5.41, 5.74) is 0. The summed E-state index contributed by atoms with van der Waals surface area (Å²) < 4.78 is 0. The van der Waals surface area contributed by atoms with E-state index in [1.807, 2.05) is 13.8 Å². The van der Waals surface area contributed by atoms with Gasteiger partial charge in [-0.1, -0.05) is 13.8 Å². The van der Waals surface area contributed by atoms with Gasteiger partial charge in [0.1, 0.15) is 0 Å². The summed E-state index contributed by atoms with van der Waals surface area (Å²) in [5, 5.41) is 3.97. The van der Waals surface area contributed by atoms with Gasteiger partial charge in [0, 0.05) is 21.1 Å². The molecular weight excluding hydrogens is 174 g/mol. The van der Waals surface area contributed by atoms with Crippen LogP contribution in [0.3, 0.4) is 0 Å². The molecule has 0 aromatic carbocycles. The fraction of sp³-hybridized carbons (Fsp3) is 1.00. The Bertz CT molecular complexity index is 19.2. The van der Waals surface area contributed by atoms with Crippen molar-refractivity contribution in [3.8, 4) is 0 Å². The fourth-order valence-electron chi connectivity index (χ4n) is 0.224. The van der Waals surface area contributed by atoms with E-state index >= 15 is 0 Å². The van der Waals surface area contributed by atoms with Crippen LogP contribution in [0.5, 0.6) is 0 Å². The zero-order valence-electron chi connectivity index (χ0n) is 4.77. The Morgan fingerprint density at radius 1 is 1.14 bits per heavy atom. The Kier molecular flexibility index (Phi) is 35.7. The summed E-state index contributed by atoms with van der Waals surface area (Å²) in [6.45, 7) is 6.03. The Morgan fingerprint density at radius 3 is 1.43 bits per heavy atom. The van der Waals surface area contributed by atoms with Crippen LogP contribution in [0.4, 0.5) is 0 Å². The molecule has 0 aliphatic carbocycles. The van der Waals surface area contributed by atoms with Crippen LogP contribution in [0.2, 0.25) is 0 Å². The normalized spacial score (nSPS) is 6.00. The van der Waals surface area contributed by atoms with E-state index in [1.54, 1.807) is 0 Å².